The summed E-state index contributed by atoms with van der Waals surface area (Å²) in [4.78, 5) is 24.0. The van der Waals surface area contributed by atoms with Crippen molar-refractivity contribution in [2.45, 2.75) is 6.54 Å². The van der Waals surface area contributed by atoms with Gasteiger partial charge in [0.2, 0.25) is 0 Å². The van der Waals surface area contributed by atoms with Crippen molar-refractivity contribution in [2.75, 3.05) is 7.11 Å². The summed E-state index contributed by atoms with van der Waals surface area (Å²) >= 11 is 0. The van der Waals surface area contributed by atoms with Gasteiger partial charge in [0.05, 0.1) is 13.4 Å². The van der Waals surface area contributed by atoms with Crippen LogP contribution in [0.1, 0.15) is 27.4 Å². The Kier molecular flexibility index (Phi) is 5.91. The first-order valence-corrected chi connectivity index (χ1v) is 8.56. The first-order chi connectivity index (χ1) is 13.6. The van der Waals surface area contributed by atoms with Crippen molar-refractivity contribution in [1.82, 2.24) is 4.57 Å². The van der Waals surface area contributed by atoms with Gasteiger partial charge in [-0.2, -0.15) is 0 Å². The van der Waals surface area contributed by atoms with E-state index in [1.54, 1.807) is 30.5 Å². The number of benzene rings is 1. The molecule has 2 aromatic heterocycles. The van der Waals surface area contributed by atoms with E-state index in [1.165, 1.54) is 19.4 Å². The van der Waals surface area contributed by atoms with Crippen molar-refractivity contribution in [2.24, 2.45) is 0 Å². The fourth-order valence-corrected chi connectivity index (χ4v) is 2.64. The van der Waals surface area contributed by atoms with Gasteiger partial charge in [-0.3, -0.25) is 4.79 Å². The lowest BCUT2D eigenvalue weighted by Crippen LogP contribution is -2.01. The van der Waals surface area contributed by atoms with Crippen molar-refractivity contribution in [3.63, 3.8) is 0 Å². The number of furan rings is 1. The van der Waals surface area contributed by atoms with Gasteiger partial charge in [0.1, 0.15) is 0 Å². The van der Waals surface area contributed by atoms with E-state index in [9.17, 15) is 14.7 Å². The van der Waals surface area contributed by atoms with E-state index in [2.05, 4.69) is 4.74 Å². The summed E-state index contributed by atoms with van der Waals surface area (Å²) in [5.74, 6) is -0.913. The topological polar surface area (TPSA) is 81.7 Å². The van der Waals surface area contributed by atoms with Crippen molar-refractivity contribution in [1.29, 1.82) is 0 Å². The molecule has 0 aliphatic rings. The van der Waals surface area contributed by atoms with Gasteiger partial charge in [-0.15, -0.1) is 0 Å². The van der Waals surface area contributed by atoms with Crippen LogP contribution in [0.4, 0.5) is 0 Å². The smallest absolute Gasteiger partial charge is 0.330 e. The van der Waals surface area contributed by atoms with Crippen LogP contribution >= 0.6 is 0 Å². The Bertz CT molecular complexity index is 1010. The van der Waals surface area contributed by atoms with E-state index >= 15 is 0 Å². The highest BCUT2D eigenvalue weighted by Gasteiger charge is 2.13. The van der Waals surface area contributed by atoms with E-state index in [1.807, 2.05) is 34.9 Å². The predicted octanol–water partition coefficient (Wildman–Crippen LogP) is 4.10. The SMILES string of the molecule is COC(=O)C=Cc1cc(C(=O)C=C(O)c2ccco2)cn1Cc1ccccc1. The van der Waals surface area contributed by atoms with Gasteiger partial charge >= 0.3 is 5.97 Å². The van der Waals surface area contributed by atoms with Gasteiger partial charge in [-0.1, -0.05) is 30.3 Å². The summed E-state index contributed by atoms with van der Waals surface area (Å²) in [7, 11) is 1.30. The summed E-state index contributed by atoms with van der Waals surface area (Å²) < 4.78 is 11.5. The Balaban J connectivity index is 1.91. The number of hydrogen-bond donors (Lipinski definition) is 1. The average molecular weight is 377 g/mol. The van der Waals surface area contributed by atoms with Crippen LogP contribution in [-0.4, -0.2) is 28.5 Å². The van der Waals surface area contributed by atoms with Crippen LogP contribution < -0.4 is 0 Å². The van der Waals surface area contributed by atoms with Gasteiger partial charge in [0.25, 0.3) is 0 Å². The number of allylic oxidation sites excluding steroid dienone is 1. The van der Waals surface area contributed by atoms with Crippen LogP contribution in [-0.2, 0) is 16.1 Å². The van der Waals surface area contributed by atoms with Crippen LogP contribution in [0.25, 0.3) is 11.8 Å². The lowest BCUT2D eigenvalue weighted by Gasteiger charge is -2.06. The molecule has 0 radical (unpaired) electrons. The summed E-state index contributed by atoms with van der Waals surface area (Å²) in [6.07, 6.45) is 7.08. The molecule has 6 heteroatoms. The van der Waals surface area contributed by atoms with Crippen LogP contribution in [0, 0.1) is 0 Å². The zero-order valence-electron chi connectivity index (χ0n) is 15.2. The maximum absolute atomic E-state index is 12.6. The number of carbonyl (C=O) groups is 2. The number of carbonyl (C=O) groups excluding carboxylic acids is 2. The van der Waals surface area contributed by atoms with Crippen LogP contribution in [0.5, 0.6) is 0 Å². The quantitative estimate of drug-likeness (QED) is 0.290. The number of aliphatic hydroxyl groups is 1. The van der Waals surface area contributed by atoms with Crippen LogP contribution in [0.3, 0.4) is 0 Å². The Morgan fingerprint density at radius 1 is 1.18 bits per heavy atom. The van der Waals surface area contributed by atoms with Gasteiger partial charge in [-0.25, -0.2) is 4.79 Å². The van der Waals surface area contributed by atoms with Gasteiger partial charge < -0.3 is 18.8 Å². The van der Waals surface area contributed by atoms with Crippen LogP contribution in [0.2, 0.25) is 0 Å². The molecule has 28 heavy (non-hydrogen) atoms. The number of aliphatic hydroxyl groups excluding tert-OH is 1. The van der Waals surface area contributed by atoms with Crippen LogP contribution in [0.15, 0.2) is 77.6 Å². The Morgan fingerprint density at radius 3 is 2.64 bits per heavy atom. The molecule has 3 aromatic rings. The number of aromatic nitrogens is 1. The molecule has 0 fully saturated rings. The maximum atomic E-state index is 12.6. The Morgan fingerprint density at radius 2 is 1.96 bits per heavy atom. The predicted molar refractivity (Wildman–Crippen MR) is 105 cm³/mol. The second-order valence-corrected chi connectivity index (χ2v) is 5.99. The summed E-state index contributed by atoms with van der Waals surface area (Å²) in [6.45, 7) is 0.517. The third-order valence-electron chi connectivity index (χ3n) is 4.04. The molecule has 0 saturated heterocycles. The van der Waals surface area contributed by atoms with E-state index in [0.717, 1.165) is 11.6 Å². The van der Waals surface area contributed by atoms with E-state index in [0.29, 0.717) is 17.8 Å². The third kappa shape index (κ3) is 4.67. The molecule has 2 heterocycles. The third-order valence-corrected chi connectivity index (χ3v) is 4.04. The number of rotatable bonds is 7. The van der Waals surface area contributed by atoms with Gasteiger partial charge in [-0.05, 0) is 29.8 Å². The molecule has 142 valence electrons. The molecule has 0 aliphatic carbocycles. The van der Waals surface area contributed by atoms with Crippen molar-refractivity contribution >= 4 is 23.6 Å². The molecular weight excluding hydrogens is 358 g/mol. The average Bonchev–Trinajstić information content (AvgIpc) is 3.37. The highest BCUT2D eigenvalue weighted by atomic mass is 16.5. The zero-order valence-corrected chi connectivity index (χ0v) is 15.2. The standard InChI is InChI=1S/C22H19NO5/c1-27-22(26)10-9-18-12-17(15-23(18)14-16-6-3-2-4-7-16)19(24)13-20(25)21-8-5-11-28-21/h2-13,15,25H,14H2,1H3. The number of hydrogen-bond acceptors (Lipinski definition) is 5. The second-order valence-electron chi connectivity index (χ2n) is 5.99. The number of esters is 1. The number of methoxy groups -OCH3 is 1. The molecule has 0 atom stereocenters. The van der Waals surface area contributed by atoms with E-state index in [4.69, 9.17) is 4.42 Å². The van der Waals surface area contributed by atoms with E-state index < -0.39 is 5.97 Å². The summed E-state index contributed by atoms with van der Waals surface area (Å²) in [5.41, 5.74) is 2.07. The summed E-state index contributed by atoms with van der Waals surface area (Å²) in [5, 5.41) is 10.0. The molecule has 0 spiro atoms. The Hall–Kier alpha value is -3.80. The monoisotopic (exact) mass is 377 g/mol. The zero-order chi connectivity index (χ0) is 19.9. The van der Waals surface area contributed by atoms with Crippen molar-refractivity contribution in [3.05, 3.63) is 95.7 Å². The highest BCUT2D eigenvalue weighted by Crippen LogP contribution is 2.17. The first-order valence-electron chi connectivity index (χ1n) is 8.56. The number of ketones is 1. The normalized spacial score (nSPS) is 11.7. The summed E-state index contributed by atoms with van der Waals surface area (Å²) in [6, 6.07) is 14.6. The first kappa shape index (κ1) is 19.0. The number of nitrogens with zero attached hydrogens (tertiary/aromatic N) is 1. The molecule has 0 bridgehead atoms. The number of ether oxygens (including phenoxy) is 1. The largest absolute Gasteiger partial charge is 0.504 e. The molecule has 3 rings (SSSR count). The van der Waals surface area contributed by atoms with Crippen molar-refractivity contribution < 1.29 is 23.8 Å². The molecular formula is C22H19NO5. The molecule has 1 aromatic carbocycles. The molecule has 0 aliphatic heterocycles. The van der Waals surface area contributed by atoms with Gasteiger partial charge in [0, 0.05) is 36.2 Å². The molecule has 1 N–H and O–H groups in total. The fourth-order valence-electron chi connectivity index (χ4n) is 2.64. The highest BCUT2D eigenvalue weighted by molar-refractivity contribution is 6.08. The minimum atomic E-state index is -0.490. The van der Waals surface area contributed by atoms with E-state index in [-0.39, 0.29) is 17.3 Å². The minimum Gasteiger partial charge on any atom is -0.504 e. The molecule has 0 amide bonds. The maximum Gasteiger partial charge on any atom is 0.330 e. The minimum absolute atomic E-state index is 0.211. The van der Waals surface area contributed by atoms with Gasteiger partial charge in [0.15, 0.2) is 17.3 Å². The lowest BCUT2D eigenvalue weighted by molar-refractivity contribution is -0.134. The molecule has 6 nitrogen and oxygen atoms in total. The van der Waals surface area contributed by atoms with Crippen molar-refractivity contribution in [3.8, 4) is 0 Å². The Labute approximate surface area is 162 Å². The fraction of sp³-hybridized carbons (Fsp3) is 0.0909. The second kappa shape index (κ2) is 8.73. The molecule has 0 unspecified atom stereocenters. The lowest BCUT2D eigenvalue weighted by atomic mass is 10.2. The molecule has 0 saturated carbocycles.